The number of carbonyl (C=O) groups excluding carboxylic acids is 1. The number of amides is 1. The first-order valence-electron chi connectivity index (χ1n) is 5.54. The summed E-state index contributed by atoms with van der Waals surface area (Å²) >= 11 is 0. The number of ether oxygens (including phenoxy) is 2. The summed E-state index contributed by atoms with van der Waals surface area (Å²) in [7, 11) is 1.16. The van der Waals surface area contributed by atoms with Gasteiger partial charge in [0.15, 0.2) is 17.4 Å². The monoisotopic (exact) mass is 257 g/mol. The Bertz CT molecular complexity index is 459. The highest BCUT2D eigenvalue weighted by Crippen LogP contribution is 2.25. The molecule has 0 N–H and O–H groups in total. The molecule has 1 aliphatic rings. The number of hydrogen-bond acceptors (Lipinski definition) is 3. The molecule has 2 rings (SSSR count). The Balaban J connectivity index is 2.30. The van der Waals surface area contributed by atoms with Crippen molar-refractivity contribution >= 4 is 5.91 Å². The Morgan fingerprint density at radius 1 is 1.33 bits per heavy atom. The average molecular weight is 257 g/mol. The molecule has 4 nitrogen and oxygen atoms in total. The Morgan fingerprint density at radius 2 is 2.00 bits per heavy atom. The van der Waals surface area contributed by atoms with E-state index in [4.69, 9.17) is 4.74 Å². The topological polar surface area (TPSA) is 38.8 Å². The predicted octanol–water partition coefficient (Wildman–Crippen LogP) is 1.45. The Labute approximate surface area is 103 Å². The first-order valence-corrected chi connectivity index (χ1v) is 5.54. The second-order valence-electron chi connectivity index (χ2n) is 3.85. The number of hydrogen-bond donors (Lipinski definition) is 0. The molecule has 0 bridgehead atoms. The zero-order valence-electron chi connectivity index (χ0n) is 9.91. The third kappa shape index (κ3) is 2.28. The second kappa shape index (κ2) is 5.30. The maximum atomic E-state index is 13.9. The molecular formula is C12H13F2NO3. The average Bonchev–Trinajstić information content (AvgIpc) is 2.40. The van der Waals surface area contributed by atoms with E-state index in [9.17, 15) is 13.6 Å². The lowest BCUT2D eigenvalue weighted by molar-refractivity contribution is 0.0299. The van der Waals surface area contributed by atoms with Gasteiger partial charge in [-0.1, -0.05) is 0 Å². The molecule has 0 atom stereocenters. The van der Waals surface area contributed by atoms with Gasteiger partial charge < -0.3 is 14.4 Å². The van der Waals surface area contributed by atoms with Crippen molar-refractivity contribution in [1.82, 2.24) is 4.90 Å². The van der Waals surface area contributed by atoms with Crippen LogP contribution in [0, 0.1) is 11.6 Å². The third-order valence-electron chi connectivity index (χ3n) is 2.78. The quantitative estimate of drug-likeness (QED) is 0.804. The van der Waals surface area contributed by atoms with Crippen molar-refractivity contribution < 1.29 is 23.0 Å². The molecule has 0 aromatic heterocycles. The molecule has 1 saturated heterocycles. The summed E-state index contributed by atoms with van der Waals surface area (Å²) in [5.74, 6) is -2.80. The van der Waals surface area contributed by atoms with Crippen molar-refractivity contribution in [1.29, 1.82) is 0 Å². The van der Waals surface area contributed by atoms with E-state index in [2.05, 4.69) is 4.74 Å². The summed E-state index contributed by atoms with van der Waals surface area (Å²) in [4.78, 5) is 13.5. The molecule has 0 radical (unpaired) electrons. The van der Waals surface area contributed by atoms with E-state index >= 15 is 0 Å². The van der Waals surface area contributed by atoms with Gasteiger partial charge in [-0.3, -0.25) is 4.79 Å². The van der Waals surface area contributed by atoms with E-state index < -0.39 is 23.3 Å². The van der Waals surface area contributed by atoms with Crippen LogP contribution in [0.5, 0.6) is 5.75 Å². The summed E-state index contributed by atoms with van der Waals surface area (Å²) in [5, 5.41) is 0. The number of morpholine rings is 1. The number of rotatable bonds is 2. The van der Waals surface area contributed by atoms with Crippen LogP contribution in [0.3, 0.4) is 0 Å². The molecule has 0 unspecified atom stereocenters. The standard InChI is InChI=1S/C12H13F2NO3/c1-17-11-9(13)3-2-8(10(11)14)12(16)15-4-6-18-7-5-15/h2-3H,4-7H2,1H3. The normalized spacial score (nSPS) is 15.6. The van der Waals surface area contributed by atoms with Crippen LogP contribution in [0.2, 0.25) is 0 Å². The summed E-state index contributed by atoms with van der Waals surface area (Å²) in [6.45, 7) is 1.65. The van der Waals surface area contributed by atoms with Crippen LogP contribution in [-0.4, -0.2) is 44.2 Å². The van der Waals surface area contributed by atoms with Gasteiger partial charge in [0.05, 0.1) is 25.9 Å². The van der Waals surface area contributed by atoms with Crippen LogP contribution in [-0.2, 0) is 4.74 Å². The van der Waals surface area contributed by atoms with Crippen molar-refractivity contribution in [2.75, 3.05) is 33.4 Å². The molecule has 1 aliphatic heterocycles. The van der Waals surface area contributed by atoms with E-state index in [0.717, 1.165) is 19.2 Å². The molecule has 1 amide bonds. The molecule has 0 saturated carbocycles. The molecule has 0 aliphatic carbocycles. The Hall–Kier alpha value is -1.69. The SMILES string of the molecule is COc1c(F)ccc(C(=O)N2CCOCC2)c1F. The highest BCUT2D eigenvalue weighted by atomic mass is 19.1. The maximum Gasteiger partial charge on any atom is 0.257 e. The zero-order valence-corrected chi connectivity index (χ0v) is 9.91. The molecule has 0 spiro atoms. The number of nitrogens with zero attached hydrogens (tertiary/aromatic N) is 1. The smallest absolute Gasteiger partial charge is 0.257 e. The highest BCUT2D eigenvalue weighted by Gasteiger charge is 2.24. The van der Waals surface area contributed by atoms with E-state index in [-0.39, 0.29) is 5.56 Å². The predicted molar refractivity (Wildman–Crippen MR) is 59.6 cm³/mol. The first kappa shape index (κ1) is 12.8. The van der Waals surface area contributed by atoms with Crippen LogP contribution >= 0.6 is 0 Å². The number of carbonyl (C=O) groups is 1. The van der Waals surface area contributed by atoms with Gasteiger partial charge in [0.25, 0.3) is 5.91 Å². The molecule has 98 valence electrons. The van der Waals surface area contributed by atoms with E-state index in [1.54, 1.807) is 0 Å². The van der Waals surface area contributed by atoms with Gasteiger partial charge in [-0.25, -0.2) is 8.78 Å². The van der Waals surface area contributed by atoms with Crippen molar-refractivity contribution in [3.63, 3.8) is 0 Å². The highest BCUT2D eigenvalue weighted by molar-refractivity contribution is 5.95. The largest absolute Gasteiger partial charge is 0.491 e. The van der Waals surface area contributed by atoms with Gasteiger partial charge in [-0.05, 0) is 12.1 Å². The van der Waals surface area contributed by atoms with Crippen LogP contribution in [0.15, 0.2) is 12.1 Å². The minimum Gasteiger partial charge on any atom is -0.491 e. The maximum absolute atomic E-state index is 13.9. The fourth-order valence-corrected chi connectivity index (χ4v) is 1.82. The summed E-state index contributed by atoms with van der Waals surface area (Å²) in [6.07, 6.45) is 0. The van der Waals surface area contributed by atoms with Gasteiger partial charge in [0, 0.05) is 13.1 Å². The molecular weight excluding hydrogens is 244 g/mol. The molecule has 1 aromatic rings. The van der Waals surface area contributed by atoms with E-state index in [1.165, 1.54) is 4.90 Å². The molecule has 1 fully saturated rings. The lowest BCUT2D eigenvalue weighted by Gasteiger charge is -2.27. The Morgan fingerprint density at radius 3 is 2.61 bits per heavy atom. The third-order valence-corrected chi connectivity index (χ3v) is 2.78. The summed E-state index contributed by atoms with van der Waals surface area (Å²) in [5.41, 5.74) is -0.185. The van der Waals surface area contributed by atoms with Crippen molar-refractivity contribution in [2.24, 2.45) is 0 Å². The molecule has 1 heterocycles. The van der Waals surface area contributed by atoms with Gasteiger partial charge in [-0.2, -0.15) is 0 Å². The second-order valence-corrected chi connectivity index (χ2v) is 3.85. The minimum atomic E-state index is -0.964. The van der Waals surface area contributed by atoms with Crippen LogP contribution in [0.25, 0.3) is 0 Å². The number of halogens is 2. The zero-order chi connectivity index (χ0) is 13.1. The molecule has 6 heteroatoms. The fourth-order valence-electron chi connectivity index (χ4n) is 1.82. The van der Waals surface area contributed by atoms with Crippen molar-refractivity contribution in [3.05, 3.63) is 29.3 Å². The van der Waals surface area contributed by atoms with Crippen LogP contribution < -0.4 is 4.74 Å². The van der Waals surface area contributed by atoms with Crippen molar-refractivity contribution in [2.45, 2.75) is 0 Å². The lowest BCUT2D eigenvalue weighted by Crippen LogP contribution is -2.41. The number of benzene rings is 1. The Kier molecular flexibility index (Phi) is 3.76. The van der Waals surface area contributed by atoms with E-state index in [0.29, 0.717) is 26.3 Å². The number of methoxy groups -OCH3 is 1. The first-order chi connectivity index (χ1) is 8.65. The summed E-state index contributed by atoms with van der Waals surface area (Å²) < 4.78 is 36.8. The van der Waals surface area contributed by atoms with Gasteiger partial charge in [0.1, 0.15) is 0 Å². The minimum absolute atomic E-state index is 0.185. The van der Waals surface area contributed by atoms with Crippen molar-refractivity contribution in [3.8, 4) is 5.75 Å². The van der Waals surface area contributed by atoms with Crippen LogP contribution in [0.1, 0.15) is 10.4 Å². The molecule has 1 aromatic carbocycles. The fraction of sp³-hybridized carbons (Fsp3) is 0.417. The van der Waals surface area contributed by atoms with Gasteiger partial charge in [-0.15, -0.1) is 0 Å². The molecule has 18 heavy (non-hydrogen) atoms. The lowest BCUT2D eigenvalue weighted by atomic mass is 10.1. The van der Waals surface area contributed by atoms with Crippen LogP contribution in [0.4, 0.5) is 8.78 Å². The van der Waals surface area contributed by atoms with Gasteiger partial charge in [0.2, 0.25) is 0 Å². The summed E-state index contributed by atoms with van der Waals surface area (Å²) in [6, 6.07) is 2.15. The van der Waals surface area contributed by atoms with E-state index in [1.807, 2.05) is 0 Å². The van der Waals surface area contributed by atoms with Gasteiger partial charge >= 0.3 is 0 Å².